The van der Waals surface area contributed by atoms with Crippen LogP contribution in [0, 0.1) is 5.82 Å². The Morgan fingerprint density at radius 2 is 1.66 bits per heavy atom. The van der Waals surface area contributed by atoms with E-state index in [0.717, 1.165) is 54.1 Å². The number of methoxy groups -OCH3 is 1. The number of hydrogen-bond donors (Lipinski definition) is 0. The lowest BCUT2D eigenvalue weighted by molar-refractivity contribution is 0.116. The van der Waals surface area contributed by atoms with Gasteiger partial charge in [0, 0.05) is 18.2 Å². The number of benzene rings is 3. The monoisotopic (exact) mass is 433 g/mol. The molecule has 0 spiro atoms. The van der Waals surface area contributed by atoms with Crippen molar-refractivity contribution in [3.8, 4) is 11.5 Å². The first kappa shape index (κ1) is 22.3. The summed E-state index contributed by atoms with van der Waals surface area (Å²) in [5.74, 6) is 1.47. The highest BCUT2D eigenvalue weighted by atomic mass is 19.1. The van der Waals surface area contributed by atoms with Gasteiger partial charge in [0.1, 0.15) is 12.4 Å². The van der Waals surface area contributed by atoms with Crippen molar-refractivity contribution in [2.75, 3.05) is 13.7 Å². The van der Waals surface area contributed by atoms with Gasteiger partial charge in [0.25, 0.3) is 0 Å². The van der Waals surface area contributed by atoms with Crippen LogP contribution in [0.3, 0.4) is 0 Å². The van der Waals surface area contributed by atoms with Crippen molar-refractivity contribution in [2.24, 2.45) is 0 Å². The summed E-state index contributed by atoms with van der Waals surface area (Å²) in [4.78, 5) is 2.54. The van der Waals surface area contributed by atoms with Crippen LogP contribution in [0.2, 0.25) is 0 Å². The third kappa shape index (κ3) is 5.68. The smallest absolute Gasteiger partial charge is 0.166 e. The minimum absolute atomic E-state index is 0.105. The molecule has 0 N–H and O–H groups in total. The molecular weight excluding hydrogens is 401 g/mol. The van der Waals surface area contributed by atoms with Crippen LogP contribution in [0.4, 0.5) is 4.39 Å². The van der Waals surface area contributed by atoms with Gasteiger partial charge < -0.3 is 9.47 Å². The van der Waals surface area contributed by atoms with Crippen molar-refractivity contribution in [3.63, 3.8) is 0 Å². The first-order valence-electron chi connectivity index (χ1n) is 11.5. The number of hydrogen-bond acceptors (Lipinski definition) is 3. The summed E-state index contributed by atoms with van der Waals surface area (Å²) in [5.41, 5.74) is 3.07. The Bertz CT molecular complexity index is 988. The van der Waals surface area contributed by atoms with E-state index in [1.54, 1.807) is 19.2 Å². The SMILES string of the molecule is COc1cccc(CN(CCCc2ccccc2F)C2CCC2)c1OCc1ccccc1. The Morgan fingerprint density at radius 1 is 0.906 bits per heavy atom. The van der Waals surface area contributed by atoms with Crippen molar-refractivity contribution >= 4 is 0 Å². The molecule has 0 aliphatic heterocycles. The van der Waals surface area contributed by atoms with Gasteiger partial charge in [-0.05, 0) is 55.5 Å². The molecule has 0 bridgehead atoms. The lowest BCUT2D eigenvalue weighted by Crippen LogP contribution is -2.40. The number of aryl methyl sites for hydroxylation is 1. The van der Waals surface area contributed by atoms with Gasteiger partial charge in [-0.2, -0.15) is 0 Å². The fourth-order valence-electron chi connectivity index (χ4n) is 4.28. The summed E-state index contributed by atoms with van der Waals surface area (Å²) in [5, 5.41) is 0. The predicted molar refractivity (Wildman–Crippen MR) is 127 cm³/mol. The second-order valence-corrected chi connectivity index (χ2v) is 8.47. The van der Waals surface area contributed by atoms with Crippen molar-refractivity contribution in [1.29, 1.82) is 0 Å². The van der Waals surface area contributed by atoms with Gasteiger partial charge in [-0.3, -0.25) is 4.90 Å². The molecule has 0 aromatic heterocycles. The second-order valence-electron chi connectivity index (χ2n) is 8.47. The minimum Gasteiger partial charge on any atom is -0.493 e. The van der Waals surface area contributed by atoms with Gasteiger partial charge in [-0.1, -0.05) is 67.1 Å². The Hall–Kier alpha value is -2.85. The van der Waals surface area contributed by atoms with Crippen molar-refractivity contribution in [3.05, 3.63) is 95.3 Å². The molecule has 3 aromatic rings. The summed E-state index contributed by atoms with van der Waals surface area (Å²) in [7, 11) is 1.69. The molecule has 4 heteroatoms. The number of ether oxygens (including phenoxy) is 2. The van der Waals surface area contributed by atoms with Crippen LogP contribution in [0.25, 0.3) is 0 Å². The Balaban J connectivity index is 1.45. The van der Waals surface area contributed by atoms with Gasteiger partial charge in [0.2, 0.25) is 0 Å². The quantitative estimate of drug-likeness (QED) is 0.349. The zero-order valence-corrected chi connectivity index (χ0v) is 18.8. The molecule has 1 aliphatic rings. The van der Waals surface area contributed by atoms with Crippen molar-refractivity contribution in [1.82, 2.24) is 4.90 Å². The number of halogens is 1. The van der Waals surface area contributed by atoms with E-state index in [9.17, 15) is 4.39 Å². The molecule has 3 aromatic carbocycles. The zero-order valence-electron chi connectivity index (χ0n) is 18.8. The highest BCUT2D eigenvalue weighted by Gasteiger charge is 2.26. The highest BCUT2D eigenvalue weighted by molar-refractivity contribution is 5.46. The lowest BCUT2D eigenvalue weighted by atomic mass is 9.90. The van der Waals surface area contributed by atoms with Crippen LogP contribution in [0.1, 0.15) is 42.4 Å². The Morgan fingerprint density at radius 3 is 2.38 bits per heavy atom. The summed E-state index contributed by atoms with van der Waals surface area (Å²) in [6, 6.07) is 24.0. The lowest BCUT2D eigenvalue weighted by Gasteiger charge is -2.38. The van der Waals surface area contributed by atoms with Crippen molar-refractivity contribution in [2.45, 2.75) is 51.3 Å². The predicted octanol–water partition coefficient (Wildman–Crippen LogP) is 6.40. The van der Waals surface area contributed by atoms with Gasteiger partial charge in [-0.25, -0.2) is 4.39 Å². The number of nitrogens with zero attached hydrogens (tertiary/aromatic N) is 1. The van der Waals surface area contributed by atoms with Gasteiger partial charge in [0.15, 0.2) is 11.5 Å². The molecule has 0 heterocycles. The molecule has 0 radical (unpaired) electrons. The average molecular weight is 434 g/mol. The van der Waals surface area contributed by atoms with Crippen molar-refractivity contribution < 1.29 is 13.9 Å². The molecule has 0 saturated heterocycles. The molecule has 0 atom stereocenters. The minimum atomic E-state index is -0.105. The van der Waals surface area contributed by atoms with Crippen LogP contribution in [-0.2, 0) is 19.6 Å². The molecule has 3 nitrogen and oxygen atoms in total. The maximum atomic E-state index is 14.0. The van der Waals surface area contributed by atoms with E-state index >= 15 is 0 Å². The molecule has 4 rings (SSSR count). The molecule has 1 aliphatic carbocycles. The third-order valence-electron chi connectivity index (χ3n) is 6.32. The summed E-state index contributed by atoms with van der Waals surface area (Å²) in [6.45, 7) is 2.25. The van der Waals surface area contributed by atoms with E-state index in [2.05, 4.69) is 23.1 Å². The van der Waals surface area contributed by atoms with Crippen LogP contribution >= 0.6 is 0 Å². The van der Waals surface area contributed by atoms with E-state index in [1.165, 1.54) is 19.3 Å². The second kappa shape index (κ2) is 11.1. The molecule has 168 valence electrons. The maximum absolute atomic E-state index is 14.0. The average Bonchev–Trinajstić information content (AvgIpc) is 2.78. The maximum Gasteiger partial charge on any atom is 0.166 e. The molecule has 0 unspecified atom stereocenters. The largest absolute Gasteiger partial charge is 0.493 e. The Labute approximate surface area is 190 Å². The third-order valence-corrected chi connectivity index (χ3v) is 6.32. The standard InChI is InChI=1S/C28H32FNO2/c1-31-27-18-7-13-24(28(27)32-21-22-10-3-2-4-11-22)20-30(25-15-8-16-25)19-9-14-23-12-5-6-17-26(23)29/h2-7,10-13,17-18,25H,8-9,14-16,19-21H2,1H3. The van der Waals surface area contributed by atoms with Gasteiger partial charge in [-0.15, -0.1) is 0 Å². The summed E-state index contributed by atoms with van der Waals surface area (Å²) in [6.07, 6.45) is 5.42. The van der Waals surface area contributed by atoms with E-state index in [4.69, 9.17) is 9.47 Å². The molecule has 0 amide bonds. The first-order chi connectivity index (χ1) is 15.7. The molecule has 32 heavy (non-hydrogen) atoms. The zero-order chi connectivity index (χ0) is 22.2. The van der Waals surface area contributed by atoms with E-state index in [1.807, 2.05) is 42.5 Å². The van der Waals surface area contributed by atoms with E-state index in [-0.39, 0.29) is 5.82 Å². The number of rotatable bonds is 11. The summed E-state index contributed by atoms with van der Waals surface area (Å²) < 4.78 is 25.9. The topological polar surface area (TPSA) is 21.7 Å². The van der Waals surface area contributed by atoms with Gasteiger partial charge >= 0.3 is 0 Å². The molecule has 1 fully saturated rings. The van der Waals surface area contributed by atoms with Gasteiger partial charge in [0.05, 0.1) is 7.11 Å². The van der Waals surface area contributed by atoms with Crippen LogP contribution in [-0.4, -0.2) is 24.6 Å². The fourth-order valence-corrected chi connectivity index (χ4v) is 4.28. The number of para-hydroxylation sites is 1. The molecular formula is C28H32FNO2. The van der Waals surface area contributed by atoms with E-state index in [0.29, 0.717) is 12.6 Å². The summed E-state index contributed by atoms with van der Waals surface area (Å²) >= 11 is 0. The van der Waals surface area contributed by atoms with Crippen LogP contribution < -0.4 is 9.47 Å². The Kier molecular flexibility index (Phi) is 7.78. The fraction of sp³-hybridized carbons (Fsp3) is 0.357. The van der Waals surface area contributed by atoms with Crippen LogP contribution in [0.5, 0.6) is 11.5 Å². The highest BCUT2D eigenvalue weighted by Crippen LogP contribution is 2.35. The normalized spacial score (nSPS) is 13.7. The van der Waals surface area contributed by atoms with E-state index < -0.39 is 0 Å². The van der Waals surface area contributed by atoms with Crippen LogP contribution in [0.15, 0.2) is 72.8 Å². The first-order valence-corrected chi connectivity index (χ1v) is 11.5. The molecule has 1 saturated carbocycles.